The van der Waals surface area contributed by atoms with E-state index in [4.69, 9.17) is 13.9 Å². The fraction of sp³-hybridized carbons (Fsp3) is 0.368. The van der Waals surface area contributed by atoms with Crippen molar-refractivity contribution in [1.29, 1.82) is 0 Å². The summed E-state index contributed by atoms with van der Waals surface area (Å²) in [6.45, 7) is 1.61. The number of piperidine rings is 1. The van der Waals surface area contributed by atoms with E-state index in [1.165, 1.54) is 12.3 Å². The summed E-state index contributed by atoms with van der Waals surface area (Å²) in [5.41, 5.74) is 0. The van der Waals surface area contributed by atoms with Gasteiger partial charge in [0.15, 0.2) is 5.76 Å². The van der Waals surface area contributed by atoms with E-state index in [1.807, 2.05) is 24.3 Å². The van der Waals surface area contributed by atoms with Gasteiger partial charge in [0.25, 0.3) is 11.7 Å². The average molecular weight is 343 g/mol. The molecule has 0 aliphatic carbocycles. The summed E-state index contributed by atoms with van der Waals surface area (Å²) in [6.07, 6.45) is 3.21. The summed E-state index contributed by atoms with van der Waals surface area (Å²) in [5.74, 6) is 0.714. The monoisotopic (exact) mass is 343 g/mol. The number of rotatable bonds is 6. The normalized spacial score (nSPS) is 17.2. The summed E-state index contributed by atoms with van der Waals surface area (Å²) in [4.78, 5) is 26.1. The van der Waals surface area contributed by atoms with Gasteiger partial charge in [-0.3, -0.25) is 9.59 Å². The molecule has 25 heavy (non-hydrogen) atoms. The quantitative estimate of drug-likeness (QED) is 0.596. The van der Waals surface area contributed by atoms with Gasteiger partial charge in [-0.2, -0.15) is 0 Å². The fourth-order valence-corrected chi connectivity index (χ4v) is 2.93. The maximum atomic E-state index is 12.3. The zero-order valence-corrected chi connectivity index (χ0v) is 14.1. The van der Waals surface area contributed by atoms with Crippen LogP contribution >= 0.6 is 0 Å². The molecule has 132 valence electrons. The lowest BCUT2D eigenvalue weighted by molar-refractivity contribution is -0.128. The van der Waals surface area contributed by atoms with Crippen LogP contribution in [0.3, 0.4) is 0 Å². The van der Waals surface area contributed by atoms with E-state index in [9.17, 15) is 9.59 Å². The van der Waals surface area contributed by atoms with Crippen LogP contribution in [-0.2, 0) is 4.79 Å². The van der Waals surface area contributed by atoms with Gasteiger partial charge in [0, 0.05) is 19.0 Å². The molecule has 1 aromatic heterocycles. The molecule has 1 amide bonds. The standard InChI is InChI=1S/C19H21NO5/c1-23-15-6-8-16(9-7-15)25-13-14-4-2-10-20(12-14)19(22)18(21)17-5-3-11-24-17/h3,5-9,11,14H,2,4,10,12-13H2,1H3/t14-/m0/s1. The maximum absolute atomic E-state index is 12.3. The van der Waals surface area contributed by atoms with Gasteiger partial charge in [-0.1, -0.05) is 0 Å². The van der Waals surface area contributed by atoms with Crippen molar-refractivity contribution >= 4 is 11.7 Å². The van der Waals surface area contributed by atoms with Crippen molar-refractivity contribution < 1.29 is 23.5 Å². The van der Waals surface area contributed by atoms with E-state index in [0.717, 1.165) is 24.3 Å². The Morgan fingerprint density at radius 1 is 1.20 bits per heavy atom. The average Bonchev–Trinajstić information content (AvgIpc) is 3.20. The fourth-order valence-electron chi connectivity index (χ4n) is 2.93. The van der Waals surface area contributed by atoms with Crippen molar-refractivity contribution in [3.05, 3.63) is 48.4 Å². The van der Waals surface area contributed by atoms with Crippen LogP contribution in [0.15, 0.2) is 47.1 Å². The van der Waals surface area contributed by atoms with Crippen molar-refractivity contribution in [1.82, 2.24) is 4.90 Å². The molecule has 6 nitrogen and oxygen atoms in total. The van der Waals surface area contributed by atoms with Crippen molar-refractivity contribution in [2.75, 3.05) is 26.8 Å². The Bertz CT molecular complexity index is 708. The van der Waals surface area contributed by atoms with E-state index in [0.29, 0.717) is 19.7 Å². The van der Waals surface area contributed by atoms with Gasteiger partial charge in [0.2, 0.25) is 0 Å². The second kappa shape index (κ2) is 7.88. The number of nitrogens with zero attached hydrogens (tertiary/aromatic N) is 1. The Balaban J connectivity index is 1.53. The molecule has 0 unspecified atom stereocenters. The molecule has 1 saturated heterocycles. The highest BCUT2D eigenvalue weighted by Gasteiger charge is 2.30. The zero-order chi connectivity index (χ0) is 17.6. The number of carbonyl (C=O) groups excluding carboxylic acids is 2. The molecule has 0 radical (unpaired) electrons. The van der Waals surface area contributed by atoms with Gasteiger partial charge in [-0.15, -0.1) is 0 Å². The molecule has 0 N–H and O–H groups in total. The summed E-state index contributed by atoms with van der Waals surface area (Å²) < 4.78 is 16.0. The number of amides is 1. The molecular formula is C19H21NO5. The molecule has 6 heteroatoms. The SMILES string of the molecule is COc1ccc(OC[C@H]2CCCN(C(=O)C(=O)c3ccco3)C2)cc1. The molecule has 2 aromatic rings. The van der Waals surface area contributed by atoms with E-state index in [-0.39, 0.29) is 11.7 Å². The number of Topliss-reactive ketones (excluding diaryl/α,β-unsaturated/α-hetero) is 1. The first-order chi connectivity index (χ1) is 12.2. The molecule has 1 aliphatic heterocycles. The lowest BCUT2D eigenvalue weighted by Crippen LogP contribution is -2.44. The molecule has 1 atom stereocenters. The van der Waals surface area contributed by atoms with Crippen molar-refractivity contribution in [2.24, 2.45) is 5.92 Å². The van der Waals surface area contributed by atoms with E-state index >= 15 is 0 Å². The summed E-state index contributed by atoms with van der Waals surface area (Å²) in [6, 6.07) is 10.5. The van der Waals surface area contributed by atoms with Crippen LogP contribution in [0.1, 0.15) is 23.4 Å². The Kier molecular flexibility index (Phi) is 5.38. The van der Waals surface area contributed by atoms with E-state index in [1.54, 1.807) is 18.1 Å². The number of furan rings is 1. The number of benzene rings is 1. The van der Waals surface area contributed by atoms with Gasteiger partial charge >= 0.3 is 0 Å². The number of likely N-dealkylation sites (tertiary alicyclic amines) is 1. The smallest absolute Gasteiger partial charge is 0.298 e. The zero-order valence-electron chi connectivity index (χ0n) is 14.1. The van der Waals surface area contributed by atoms with Crippen molar-refractivity contribution in [2.45, 2.75) is 12.8 Å². The van der Waals surface area contributed by atoms with Crippen molar-refractivity contribution in [3.8, 4) is 11.5 Å². The summed E-state index contributed by atoms with van der Waals surface area (Å²) >= 11 is 0. The number of carbonyl (C=O) groups is 2. The van der Waals surface area contributed by atoms with Crippen LogP contribution in [0.5, 0.6) is 11.5 Å². The highest BCUT2D eigenvalue weighted by Crippen LogP contribution is 2.21. The molecule has 3 rings (SSSR count). The Morgan fingerprint density at radius 2 is 1.96 bits per heavy atom. The van der Waals surface area contributed by atoms with Gasteiger partial charge in [0.1, 0.15) is 11.5 Å². The third kappa shape index (κ3) is 4.21. The Labute approximate surface area is 146 Å². The predicted octanol–water partition coefficient (Wildman–Crippen LogP) is 2.79. The molecule has 0 spiro atoms. The molecule has 0 saturated carbocycles. The van der Waals surface area contributed by atoms with Crippen molar-refractivity contribution in [3.63, 3.8) is 0 Å². The number of hydrogen-bond acceptors (Lipinski definition) is 5. The molecule has 1 aliphatic rings. The minimum Gasteiger partial charge on any atom is -0.497 e. The van der Waals surface area contributed by atoms with Crippen LogP contribution in [0.4, 0.5) is 0 Å². The second-order valence-corrected chi connectivity index (χ2v) is 6.05. The summed E-state index contributed by atoms with van der Waals surface area (Å²) in [5, 5.41) is 0. The lowest BCUT2D eigenvalue weighted by Gasteiger charge is -2.32. The minimum atomic E-state index is -0.596. The molecule has 1 aromatic carbocycles. The first kappa shape index (κ1) is 17.1. The van der Waals surface area contributed by atoms with Gasteiger partial charge in [0.05, 0.1) is 20.0 Å². The van der Waals surface area contributed by atoms with Gasteiger partial charge in [-0.05, 0) is 49.2 Å². The Morgan fingerprint density at radius 3 is 2.64 bits per heavy atom. The number of methoxy groups -OCH3 is 1. The third-order valence-corrected chi connectivity index (χ3v) is 4.29. The largest absolute Gasteiger partial charge is 0.497 e. The van der Waals surface area contributed by atoms with Crippen LogP contribution in [0, 0.1) is 5.92 Å². The van der Waals surface area contributed by atoms with Crippen LogP contribution < -0.4 is 9.47 Å². The number of ketones is 1. The highest BCUT2D eigenvalue weighted by atomic mass is 16.5. The van der Waals surface area contributed by atoms with Gasteiger partial charge in [-0.25, -0.2) is 0 Å². The van der Waals surface area contributed by atoms with Crippen LogP contribution in [-0.4, -0.2) is 43.4 Å². The highest BCUT2D eigenvalue weighted by molar-refractivity contribution is 6.41. The first-order valence-corrected chi connectivity index (χ1v) is 8.31. The summed E-state index contributed by atoms with van der Waals surface area (Å²) in [7, 11) is 1.62. The first-order valence-electron chi connectivity index (χ1n) is 8.31. The van der Waals surface area contributed by atoms with Crippen LogP contribution in [0.25, 0.3) is 0 Å². The second-order valence-electron chi connectivity index (χ2n) is 6.05. The van der Waals surface area contributed by atoms with E-state index < -0.39 is 11.7 Å². The third-order valence-electron chi connectivity index (χ3n) is 4.29. The predicted molar refractivity (Wildman–Crippen MR) is 90.8 cm³/mol. The molecule has 1 fully saturated rings. The molecule has 0 bridgehead atoms. The maximum Gasteiger partial charge on any atom is 0.298 e. The molecule has 2 heterocycles. The lowest BCUT2D eigenvalue weighted by atomic mass is 9.98. The minimum absolute atomic E-state index is 0.0848. The number of ether oxygens (including phenoxy) is 2. The van der Waals surface area contributed by atoms with E-state index in [2.05, 4.69) is 0 Å². The number of hydrogen-bond donors (Lipinski definition) is 0. The molecular weight excluding hydrogens is 322 g/mol. The topological polar surface area (TPSA) is 69.0 Å². The van der Waals surface area contributed by atoms with Crippen LogP contribution in [0.2, 0.25) is 0 Å². The van der Waals surface area contributed by atoms with Gasteiger partial charge < -0.3 is 18.8 Å². The Hall–Kier alpha value is -2.76.